The lowest BCUT2D eigenvalue weighted by Gasteiger charge is -2.33. The highest BCUT2D eigenvalue weighted by Gasteiger charge is 2.32. The van der Waals surface area contributed by atoms with E-state index in [4.69, 9.17) is 14.2 Å². The highest BCUT2D eigenvalue weighted by molar-refractivity contribution is 5.88. The van der Waals surface area contributed by atoms with Crippen molar-refractivity contribution in [3.8, 4) is 5.75 Å². The monoisotopic (exact) mass is 826 g/mol. The van der Waals surface area contributed by atoms with Crippen molar-refractivity contribution in [2.24, 2.45) is 11.8 Å². The predicted molar refractivity (Wildman–Crippen MR) is 224 cm³/mol. The molecule has 59 heavy (non-hydrogen) atoms. The van der Waals surface area contributed by atoms with Crippen LogP contribution in [0.3, 0.4) is 0 Å². The Morgan fingerprint density at radius 3 is 1.71 bits per heavy atom. The topological polar surface area (TPSA) is 198 Å². The summed E-state index contributed by atoms with van der Waals surface area (Å²) in [5.41, 5.74) is 4.65. The molecule has 328 valence electrons. The fourth-order valence-corrected chi connectivity index (χ4v) is 6.86. The lowest BCUT2D eigenvalue weighted by molar-refractivity contribution is -0.131. The molecule has 2 aromatic rings. The minimum absolute atomic E-state index is 0.0894. The van der Waals surface area contributed by atoms with Crippen LogP contribution in [-0.4, -0.2) is 160 Å². The zero-order valence-electron chi connectivity index (χ0n) is 35.4. The van der Waals surface area contributed by atoms with Gasteiger partial charge in [-0.2, -0.15) is 0 Å². The number of carbonyl (C=O) groups is 4. The van der Waals surface area contributed by atoms with Gasteiger partial charge in [0.15, 0.2) is 0 Å². The largest absolute Gasteiger partial charge is 0.497 e. The standard InChI is InChI=1S/C42H67N9O8/c1-30(2)37(46-41(55)43-15-17-49-19-23-58-24-20-49)39(53)45-35(27-32-9-7-6-8-10-32)36(52)29-51(28-33-11-13-34(57-5)14-12-33)48-40(54)38(31(3)4)47-42(56)44-16-18-50-21-25-59-26-22-50/h6-14,30-31,35-38,52H,15-29H2,1-5H3,(H,45,53)(H,48,54)(H2,43,46,55)(H2,44,47,56)/t35?,36?,37-,38-/m0/s1. The molecule has 0 aromatic heterocycles. The number of aliphatic hydroxyl groups is 1. The summed E-state index contributed by atoms with van der Waals surface area (Å²) in [4.78, 5) is 58.3. The van der Waals surface area contributed by atoms with Gasteiger partial charge in [-0.25, -0.2) is 14.6 Å². The second-order valence-electron chi connectivity index (χ2n) is 15.7. The average Bonchev–Trinajstić information content (AvgIpc) is 3.22. The Balaban J connectivity index is 1.46. The number of benzene rings is 2. The maximum Gasteiger partial charge on any atom is 0.315 e. The van der Waals surface area contributed by atoms with Crippen molar-refractivity contribution in [2.45, 2.75) is 64.9 Å². The minimum Gasteiger partial charge on any atom is -0.497 e. The lowest BCUT2D eigenvalue weighted by Crippen LogP contribution is -2.60. The fourth-order valence-electron chi connectivity index (χ4n) is 6.86. The van der Waals surface area contributed by atoms with Crippen LogP contribution in [0.5, 0.6) is 5.75 Å². The molecule has 6 amide bonds. The molecule has 0 radical (unpaired) electrons. The maximum absolute atomic E-state index is 14.0. The number of aliphatic hydroxyl groups excluding tert-OH is 1. The minimum atomic E-state index is -1.19. The number of nitrogens with zero attached hydrogens (tertiary/aromatic N) is 3. The Labute approximate surface area is 349 Å². The van der Waals surface area contributed by atoms with Crippen LogP contribution in [0, 0.1) is 11.8 Å². The van der Waals surface area contributed by atoms with Crippen molar-refractivity contribution >= 4 is 23.9 Å². The first-order chi connectivity index (χ1) is 28.4. The van der Waals surface area contributed by atoms with E-state index in [1.165, 1.54) is 0 Å². The summed E-state index contributed by atoms with van der Waals surface area (Å²) in [5, 5.41) is 28.0. The average molecular weight is 826 g/mol. The molecule has 4 atom stereocenters. The Hall–Kier alpha value is -4.52. The number of ether oxygens (including phenoxy) is 3. The first kappa shape index (κ1) is 47.2. The summed E-state index contributed by atoms with van der Waals surface area (Å²) in [6.45, 7) is 15.5. The summed E-state index contributed by atoms with van der Waals surface area (Å²) in [6, 6.07) is 13.3. The van der Waals surface area contributed by atoms with Crippen LogP contribution in [0.2, 0.25) is 0 Å². The summed E-state index contributed by atoms with van der Waals surface area (Å²) in [7, 11) is 1.58. The number of methoxy groups -OCH3 is 1. The smallest absolute Gasteiger partial charge is 0.315 e. The Kier molecular flexibility index (Phi) is 20.1. The first-order valence-electron chi connectivity index (χ1n) is 20.8. The van der Waals surface area contributed by atoms with E-state index in [-0.39, 0.29) is 31.3 Å². The third-order valence-corrected chi connectivity index (χ3v) is 10.4. The van der Waals surface area contributed by atoms with Gasteiger partial charge in [0.2, 0.25) is 5.91 Å². The van der Waals surface area contributed by atoms with Gasteiger partial charge in [-0.1, -0.05) is 70.2 Å². The molecule has 17 nitrogen and oxygen atoms in total. The molecule has 7 N–H and O–H groups in total. The van der Waals surface area contributed by atoms with Crippen LogP contribution in [-0.2, 0) is 32.0 Å². The van der Waals surface area contributed by atoms with E-state index in [1.807, 2.05) is 82.3 Å². The molecule has 0 bridgehead atoms. The normalized spacial score (nSPS) is 17.1. The van der Waals surface area contributed by atoms with Gasteiger partial charge in [0, 0.05) is 65.4 Å². The number of amides is 6. The second-order valence-corrected chi connectivity index (χ2v) is 15.7. The highest BCUT2D eigenvalue weighted by Crippen LogP contribution is 2.15. The molecule has 0 spiro atoms. The van der Waals surface area contributed by atoms with Gasteiger partial charge in [-0.15, -0.1) is 0 Å². The molecule has 17 heteroatoms. The quantitative estimate of drug-likeness (QED) is 0.0835. The SMILES string of the molecule is COc1ccc(CN(CC(O)C(Cc2ccccc2)NC(=O)[C@@H](NC(=O)NCCN2CCOCC2)C(C)C)NC(=O)[C@@H](NC(=O)NCCN2CCOCC2)C(C)C)cc1. The number of nitrogens with one attached hydrogen (secondary N) is 6. The summed E-state index contributed by atoms with van der Waals surface area (Å²) in [6.07, 6.45) is -0.920. The molecule has 0 saturated carbocycles. The predicted octanol–water partition coefficient (Wildman–Crippen LogP) is 0.929. The van der Waals surface area contributed by atoms with E-state index in [1.54, 1.807) is 12.1 Å². The van der Waals surface area contributed by atoms with Gasteiger partial charge in [-0.3, -0.25) is 24.8 Å². The fraction of sp³-hybridized carbons (Fsp3) is 0.619. The Bertz CT molecular complexity index is 1560. The van der Waals surface area contributed by atoms with Crippen LogP contribution >= 0.6 is 0 Å². The molecule has 2 aromatic carbocycles. The molecule has 2 unspecified atom stereocenters. The molecule has 0 aliphatic carbocycles. The van der Waals surface area contributed by atoms with Crippen LogP contribution < -0.4 is 36.7 Å². The van der Waals surface area contributed by atoms with Gasteiger partial charge < -0.3 is 45.9 Å². The van der Waals surface area contributed by atoms with Gasteiger partial charge in [0.05, 0.1) is 45.7 Å². The molecule has 2 aliphatic heterocycles. The van der Waals surface area contributed by atoms with E-state index >= 15 is 0 Å². The van der Waals surface area contributed by atoms with Crippen molar-refractivity contribution < 1.29 is 38.5 Å². The number of hydrogen-bond donors (Lipinski definition) is 7. The van der Waals surface area contributed by atoms with E-state index < -0.39 is 48.1 Å². The Morgan fingerprint density at radius 1 is 0.712 bits per heavy atom. The van der Waals surface area contributed by atoms with Crippen LogP contribution in [0.15, 0.2) is 54.6 Å². The highest BCUT2D eigenvalue weighted by atomic mass is 16.5. The van der Waals surface area contributed by atoms with Crippen molar-refractivity contribution in [3.05, 3.63) is 65.7 Å². The van der Waals surface area contributed by atoms with Gasteiger partial charge in [0.1, 0.15) is 17.8 Å². The Morgan fingerprint density at radius 2 is 1.22 bits per heavy atom. The zero-order chi connectivity index (χ0) is 42.6. The van der Waals surface area contributed by atoms with E-state index in [0.717, 1.165) is 37.3 Å². The van der Waals surface area contributed by atoms with Crippen LogP contribution in [0.1, 0.15) is 38.8 Å². The molecule has 4 rings (SSSR count). The second kappa shape index (κ2) is 25.2. The molecule has 2 aliphatic rings. The summed E-state index contributed by atoms with van der Waals surface area (Å²) >= 11 is 0. The van der Waals surface area contributed by atoms with Crippen molar-refractivity contribution in [2.75, 3.05) is 92.4 Å². The summed E-state index contributed by atoms with van der Waals surface area (Å²) in [5.74, 6) is -0.778. The third kappa shape index (κ3) is 16.9. The van der Waals surface area contributed by atoms with E-state index in [2.05, 4.69) is 41.8 Å². The number of hydrogen-bond acceptors (Lipinski definition) is 11. The maximum atomic E-state index is 14.0. The molecule has 2 fully saturated rings. The third-order valence-electron chi connectivity index (χ3n) is 10.4. The number of carbonyl (C=O) groups excluding carboxylic acids is 4. The van der Waals surface area contributed by atoms with Crippen molar-refractivity contribution in [3.63, 3.8) is 0 Å². The summed E-state index contributed by atoms with van der Waals surface area (Å²) < 4.78 is 16.1. The number of morpholine rings is 2. The molecule has 2 heterocycles. The zero-order valence-corrected chi connectivity index (χ0v) is 35.4. The first-order valence-corrected chi connectivity index (χ1v) is 20.8. The molecular formula is C42H67N9O8. The molecular weight excluding hydrogens is 759 g/mol. The van der Waals surface area contributed by atoms with Crippen LogP contribution in [0.4, 0.5) is 9.59 Å². The van der Waals surface area contributed by atoms with E-state index in [0.29, 0.717) is 58.4 Å². The van der Waals surface area contributed by atoms with Crippen molar-refractivity contribution in [1.82, 2.24) is 46.8 Å². The van der Waals surface area contributed by atoms with Crippen LogP contribution in [0.25, 0.3) is 0 Å². The number of rotatable bonds is 22. The number of hydrazine groups is 1. The van der Waals surface area contributed by atoms with Gasteiger partial charge in [0.25, 0.3) is 5.91 Å². The lowest BCUT2D eigenvalue weighted by atomic mass is 9.98. The van der Waals surface area contributed by atoms with Crippen molar-refractivity contribution in [1.29, 1.82) is 0 Å². The molecule has 2 saturated heterocycles. The number of urea groups is 2. The van der Waals surface area contributed by atoms with Gasteiger partial charge >= 0.3 is 12.1 Å². The van der Waals surface area contributed by atoms with E-state index in [9.17, 15) is 24.3 Å². The van der Waals surface area contributed by atoms with Gasteiger partial charge in [-0.05, 0) is 41.5 Å².